The van der Waals surface area contributed by atoms with Crippen LogP contribution in [0.3, 0.4) is 0 Å². The number of rotatable bonds is 4. The topological polar surface area (TPSA) is 116 Å². The van der Waals surface area contributed by atoms with E-state index in [1.165, 1.54) is 10.5 Å². The maximum atomic E-state index is 12.4. The van der Waals surface area contributed by atoms with Crippen LogP contribution in [0.25, 0.3) is 0 Å². The van der Waals surface area contributed by atoms with Crippen LogP contribution in [0.5, 0.6) is 0 Å². The van der Waals surface area contributed by atoms with Gasteiger partial charge in [0.2, 0.25) is 0 Å². The average Bonchev–Trinajstić information content (AvgIpc) is 2.98. The molecule has 100 valence electrons. The van der Waals surface area contributed by atoms with Crippen LogP contribution in [0, 0.1) is 5.41 Å². The van der Waals surface area contributed by atoms with Gasteiger partial charge < -0.3 is 10.7 Å². The van der Waals surface area contributed by atoms with Gasteiger partial charge in [0.25, 0.3) is 10.0 Å². The van der Waals surface area contributed by atoms with Crippen molar-refractivity contribution in [3.05, 3.63) is 12.0 Å². The molecule has 2 heterocycles. The van der Waals surface area contributed by atoms with Crippen LogP contribution in [0.1, 0.15) is 25.6 Å². The molecule has 0 radical (unpaired) electrons. The molecule has 1 unspecified atom stereocenters. The number of hydrogen-bond acceptors (Lipinski definition) is 4. The molecular weight excluding hydrogens is 254 g/mol. The number of hydrogen-bond donors (Lipinski definition) is 3. The lowest BCUT2D eigenvalue weighted by atomic mass is 10.2. The van der Waals surface area contributed by atoms with Crippen molar-refractivity contribution in [3.8, 4) is 0 Å². The fraction of sp³-hybridized carbons (Fsp3) is 0.600. The third-order valence-corrected chi connectivity index (χ3v) is 4.91. The van der Waals surface area contributed by atoms with Gasteiger partial charge in [0.05, 0.1) is 12.2 Å². The Morgan fingerprint density at radius 1 is 1.72 bits per heavy atom. The molecule has 0 spiro atoms. The molecule has 1 aliphatic heterocycles. The zero-order chi connectivity index (χ0) is 13.3. The third-order valence-electron chi connectivity index (χ3n) is 3.09. The lowest BCUT2D eigenvalue weighted by Crippen LogP contribution is -2.43. The number of nitrogens with two attached hydrogens (primary N) is 1. The summed E-state index contributed by atoms with van der Waals surface area (Å²) < 4.78 is 26.0. The normalized spacial score (nSPS) is 21.3. The maximum Gasteiger partial charge on any atom is 0.260 e. The number of amidine groups is 1. The van der Waals surface area contributed by atoms with Crippen LogP contribution in [0.2, 0.25) is 0 Å². The predicted octanol–water partition coefficient (Wildman–Crippen LogP) is 0.0612. The molecule has 1 aliphatic rings. The summed E-state index contributed by atoms with van der Waals surface area (Å²) in [4.78, 5) is 6.78. The predicted molar refractivity (Wildman–Crippen MR) is 66.8 cm³/mol. The summed E-state index contributed by atoms with van der Waals surface area (Å²) >= 11 is 0. The molecule has 1 atom stereocenters. The number of nitrogens with one attached hydrogen (secondary N) is 2. The molecule has 1 aromatic heterocycles. The van der Waals surface area contributed by atoms with Crippen LogP contribution in [-0.4, -0.2) is 41.1 Å². The molecule has 0 aliphatic carbocycles. The molecule has 0 aromatic carbocycles. The maximum absolute atomic E-state index is 12.4. The van der Waals surface area contributed by atoms with Crippen molar-refractivity contribution in [2.75, 3.05) is 6.54 Å². The van der Waals surface area contributed by atoms with Gasteiger partial charge in [-0.05, 0) is 12.8 Å². The Balaban J connectivity index is 2.33. The molecule has 2 rings (SSSR count). The monoisotopic (exact) mass is 271 g/mol. The fourth-order valence-corrected chi connectivity index (χ4v) is 3.73. The van der Waals surface area contributed by atoms with Gasteiger partial charge in [-0.3, -0.25) is 5.41 Å². The van der Waals surface area contributed by atoms with Gasteiger partial charge in [0.1, 0.15) is 11.7 Å². The summed E-state index contributed by atoms with van der Waals surface area (Å²) in [6.07, 6.45) is 3.29. The Kier molecular flexibility index (Phi) is 3.40. The molecule has 1 fully saturated rings. The molecule has 0 amide bonds. The van der Waals surface area contributed by atoms with Crippen molar-refractivity contribution in [1.82, 2.24) is 14.3 Å². The van der Waals surface area contributed by atoms with Crippen molar-refractivity contribution in [2.24, 2.45) is 5.73 Å². The van der Waals surface area contributed by atoms with E-state index in [0.717, 1.165) is 6.42 Å². The summed E-state index contributed by atoms with van der Waals surface area (Å²) in [5.41, 5.74) is 5.45. The second-order valence-electron chi connectivity index (χ2n) is 4.28. The number of sulfonamides is 1. The second kappa shape index (κ2) is 4.69. The van der Waals surface area contributed by atoms with Crippen molar-refractivity contribution in [2.45, 2.75) is 37.3 Å². The summed E-state index contributed by atoms with van der Waals surface area (Å²) in [7, 11) is -3.63. The quantitative estimate of drug-likeness (QED) is 0.530. The first kappa shape index (κ1) is 13.0. The minimum Gasteiger partial charge on any atom is -0.386 e. The van der Waals surface area contributed by atoms with E-state index in [9.17, 15) is 8.42 Å². The Bertz CT molecular complexity index is 550. The number of imidazole rings is 1. The van der Waals surface area contributed by atoms with Gasteiger partial charge in [-0.2, -0.15) is 4.31 Å². The standard InChI is InChI=1S/C10H17N5O2S/c1-2-8-13-6-9(14-8)18(16,17)15-5-3-4-7(15)10(11)12/h6-7H,2-5H2,1H3,(H3,11,12)(H,13,14). The van der Waals surface area contributed by atoms with Crippen molar-refractivity contribution < 1.29 is 8.42 Å². The average molecular weight is 271 g/mol. The highest BCUT2D eigenvalue weighted by atomic mass is 32.2. The minimum atomic E-state index is -3.63. The molecule has 1 saturated heterocycles. The van der Waals surface area contributed by atoms with E-state index in [1.54, 1.807) is 0 Å². The summed E-state index contributed by atoms with van der Waals surface area (Å²) in [6, 6.07) is -0.525. The lowest BCUT2D eigenvalue weighted by Gasteiger charge is -2.21. The van der Waals surface area contributed by atoms with E-state index in [0.29, 0.717) is 25.2 Å². The molecule has 18 heavy (non-hydrogen) atoms. The second-order valence-corrected chi connectivity index (χ2v) is 6.14. The van der Waals surface area contributed by atoms with E-state index in [2.05, 4.69) is 9.97 Å². The van der Waals surface area contributed by atoms with Gasteiger partial charge in [-0.25, -0.2) is 13.4 Å². The highest BCUT2D eigenvalue weighted by Gasteiger charge is 2.37. The molecule has 0 saturated carbocycles. The molecule has 7 nitrogen and oxygen atoms in total. The number of aromatic amines is 1. The number of aryl methyl sites for hydroxylation is 1. The minimum absolute atomic E-state index is 0.0764. The van der Waals surface area contributed by atoms with E-state index in [-0.39, 0.29) is 10.9 Å². The Morgan fingerprint density at radius 3 is 3.00 bits per heavy atom. The van der Waals surface area contributed by atoms with Gasteiger partial charge in [0.15, 0.2) is 5.03 Å². The zero-order valence-corrected chi connectivity index (χ0v) is 11.0. The summed E-state index contributed by atoms with van der Waals surface area (Å²) in [5.74, 6) is 0.526. The van der Waals surface area contributed by atoms with Crippen LogP contribution >= 0.6 is 0 Å². The van der Waals surface area contributed by atoms with Crippen molar-refractivity contribution in [3.63, 3.8) is 0 Å². The lowest BCUT2D eigenvalue weighted by molar-refractivity contribution is 0.441. The van der Waals surface area contributed by atoms with Gasteiger partial charge in [-0.15, -0.1) is 0 Å². The van der Waals surface area contributed by atoms with Crippen LogP contribution < -0.4 is 5.73 Å². The Morgan fingerprint density at radius 2 is 2.44 bits per heavy atom. The first-order valence-electron chi connectivity index (χ1n) is 5.86. The fourth-order valence-electron chi connectivity index (χ4n) is 2.12. The molecule has 8 heteroatoms. The number of nitrogens with zero attached hydrogens (tertiary/aromatic N) is 2. The highest BCUT2D eigenvalue weighted by Crippen LogP contribution is 2.25. The van der Waals surface area contributed by atoms with Crippen molar-refractivity contribution >= 4 is 15.9 Å². The highest BCUT2D eigenvalue weighted by molar-refractivity contribution is 7.89. The van der Waals surface area contributed by atoms with Gasteiger partial charge in [-0.1, -0.05) is 6.92 Å². The summed E-state index contributed by atoms with van der Waals surface area (Å²) in [6.45, 7) is 2.29. The number of H-pyrrole nitrogens is 1. The Labute approximate surface area is 106 Å². The van der Waals surface area contributed by atoms with E-state index < -0.39 is 16.1 Å². The largest absolute Gasteiger partial charge is 0.386 e. The van der Waals surface area contributed by atoms with Crippen LogP contribution in [0.15, 0.2) is 11.2 Å². The zero-order valence-electron chi connectivity index (χ0n) is 10.2. The van der Waals surface area contributed by atoms with Crippen LogP contribution in [-0.2, 0) is 16.4 Å². The van der Waals surface area contributed by atoms with E-state index >= 15 is 0 Å². The SMILES string of the molecule is CCc1ncc(S(=O)(=O)N2CCCC2C(=N)N)[nH]1. The van der Waals surface area contributed by atoms with Gasteiger partial charge in [0, 0.05) is 13.0 Å². The number of aromatic nitrogens is 2. The van der Waals surface area contributed by atoms with Gasteiger partial charge >= 0.3 is 0 Å². The molecule has 4 N–H and O–H groups in total. The summed E-state index contributed by atoms with van der Waals surface area (Å²) in [5, 5.41) is 7.53. The first-order valence-corrected chi connectivity index (χ1v) is 7.30. The van der Waals surface area contributed by atoms with Crippen molar-refractivity contribution in [1.29, 1.82) is 5.41 Å². The van der Waals surface area contributed by atoms with E-state index in [4.69, 9.17) is 11.1 Å². The first-order chi connectivity index (χ1) is 8.46. The third kappa shape index (κ3) is 2.13. The molecule has 1 aromatic rings. The molecule has 0 bridgehead atoms. The van der Waals surface area contributed by atoms with Crippen LogP contribution in [0.4, 0.5) is 0 Å². The van der Waals surface area contributed by atoms with E-state index in [1.807, 2.05) is 6.92 Å². The smallest absolute Gasteiger partial charge is 0.260 e. The molecular formula is C10H17N5O2S. The Hall–Kier alpha value is -1.41.